The lowest BCUT2D eigenvalue weighted by Crippen LogP contribution is -2.57. The summed E-state index contributed by atoms with van der Waals surface area (Å²) in [6, 6.07) is 0. The molecule has 0 bridgehead atoms. The Hall–Kier alpha value is -1.83. The Balaban J connectivity index is 2.43. The molecule has 12 nitrogen and oxygen atoms in total. The zero-order valence-corrected chi connectivity index (χ0v) is 17.5. The number of nitrogens with zero attached hydrogens (tertiary/aromatic N) is 1. The minimum Gasteiger partial charge on any atom is -0.465 e. The van der Waals surface area contributed by atoms with Gasteiger partial charge in [0.25, 0.3) is 0 Å². The maximum absolute atomic E-state index is 12.1. The van der Waals surface area contributed by atoms with Gasteiger partial charge >= 0.3 is 11.9 Å². The number of carbonyl (C=O) groups is 3. The predicted octanol–water partition coefficient (Wildman–Crippen LogP) is -2.63. The second kappa shape index (κ2) is 13.5. The smallest absolute Gasteiger partial charge is 0.320 e. The van der Waals surface area contributed by atoms with Crippen molar-refractivity contribution in [3.63, 3.8) is 0 Å². The lowest BCUT2D eigenvalue weighted by atomic mass is 10.0. The van der Waals surface area contributed by atoms with Crippen molar-refractivity contribution in [1.82, 2.24) is 10.2 Å². The molecule has 0 spiro atoms. The molecule has 1 saturated heterocycles. The Bertz CT molecular complexity index is 541. The van der Waals surface area contributed by atoms with Gasteiger partial charge < -0.3 is 39.6 Å². The van der Waals surface area contributed by atoms with Crippen LogP contribution in [0.1, 0.15) is 20.8 Å². The van der Waals surface area contributed by atoms with Crippen LogP contribution in [-0.4, -0.2) is 115 Å². The summed E-state index contributed by atoms with van der Waals surface area (Å²) < 4.78 is 20.3. The Morgan fingerprint density at radius 2 is 1.50 bits per heavy atom. The van der Waals surface area contributed by atoms with Gasteiger partial charge in [0.1, 0.15) is 18.3 Å². The van der Waals surface area contributed by atoms with Crippen molar-refractivity contribution in [3.8, 4) is 0 Å². The maximum atomic E-state index is 12.1. The number of amides is 1. The van der Waals surface area contributed by atoms with Gasteiger partial charge in [0.05, 0.1) is 45.6 Å². The number of rotatable bonds is 12. The summed E-state index contributed by atoms with van der Waals surface area (Å²) in [5.74, 6) is -1.62. The van der Waals surface area contributed by atoms with Crippen LogP contribution in [0, 0.1) is 0 Å². The molecule has 12 heteroatoms. The van der Waals surface area contributed by atoms with Crippen molar-refractivity contribution >= 4 is 17.8 Å². The van der Waals surface area contributed by atoms with Gasteiger partial charge in [-0.15, -0.1) is 0 Å². The number of carbonyl (C=O) groups excluding carboxylic acids is 3. The van der Waals surface area contributed by atoms with E-state index in [9.17, 15) is 29.7 Å². The van der Waals surface area contributed by atoms with Crippen LogP contribution in [-0.2, 0) is 33.3 Å². The van der Waals surface area contributed by atoms with E-state index in [1.807, 2.05) is 0 Å². The monoisotopic (exact) mass is 436 g/mol. The molecule has 1 amide bonds. The standard InChI is InChI=1S/C18H32N2O10/c1-4-27-13(22)9-20(10-14(23)28-5-2)8-12(21)19-6-7-29-18-17(26)16(25)15(24)11(3)30-18/h11,15-18,24-26H,4-10H2,1-3H3,(H,19,21)/t11-,15-,16+,17+,18+/m0/s1. The van der Waals surface area contributed by atoms with Gasteiger partial charge in [0, 0.05) is 6.54 Å². The molecule has 4 N–H and O–H groups in total. The van der Waals surface area contributed by atoms with E-state index in [2.05, 4.69) is 5.32 Å². The normalized spacial score (nSPS) is 26.3. The molecule has 30 heavy (non-hydrogen) atoms. The van der Waals surface area contributed by atoms with Crippen molar-refractivity contribution in [2.75, 3.05) is 46.0 Å². The topological polar surface area (TPSA) is 164 Å². The van der Waals surface area contributed by atoms with Gasteiger partial charge in [-0.1, -0.05) is 0 Å². The molecule has 0 saturated carbocycles. The summed E-state index contributed by atoms with van der Waals surface area (Å²) in [5.41, 5.74) is 0. The van der Waals surface area contributed by atoms with Crippen LogP contribution in [0.15, 0.2) is 0 Å². The van der Waals surface area contributed by atoms with Crippen LogP contribution in [0.4, 0.5) is 0 Å². The van der Waals surface area contributed by atoms with Gasteiger partial charge in [-0.2, -0.15) is 0 Å². The Labute approximate surface area is 175 Å². The van der Waals surface area contributed by atoms with Crippen molar-refractivity contribution in [2.24, 2.45) is 0 Å². The molecule has 0 aliphatic carbocycles. The number of esters is 2. The summed E-state index contributed by atoms with van der Waals surface area (Å²) in [6.07, 6.45) is -5.96. The predicted molar refractivity (Wildman–Crippen MR) is 101 cm³/mol. The maximum Gasteiger partial charge on any atom is 0.320 e. The van der Waals surface area contributed by atoms with Gasteiger partial charge in [-0.05, 0) is 20.8 Å². The fourth-order valence-corrected chi connectivity index (χ4v) is 2.72. The molecule has 1 rings (SSSR count). The van der Waals surface area contributed by atoms with E-state index in [1.165, 1.54) is 11.8 Å². The summed E-state index contributed by atoms with van der Waals surface area (Å²) >= 11 is 0. The first-order chi connectivity index (χ1) is 14.2. The van der Waals surface area contributed by atoms with Crippen LogP contribution in [0.3, 0.4) is 0 Å². The van der Waals surface area contributed by atoms with E-state index >= 15 is 0 Å². The summed E-state index contributed by atoms with van der Waals surface area (Å²) in [6.45, 7) is 4.42. The minimum atomic E-state index is -1.43. The van der Waals surface area contributed by atoms with Crippen LogP contribution < -0.4 is 5.32 Å². The summed E-state index contributed by atoms with van der Waals surface area (Å²) in [7, 11) is 0. The van der Waals surface area contributed by atoms with Gasteiger partial charge in [-0.25, -0.2) is 0 Å². The Kier molecular flexibility index (Phi) is 11.8. The highest BCUT2D eigenvalue weighted by atomic mass is 16.7. The van der Waals surface area contributed by atoms with E-state index in [0.717, 1.165) is 0 Å². The third-order valence-electron chi connectivity index (χ3n) is 4.20. The molecule has 1 aliphatic rings. The fourth-order valence-electron chi connectivity index (χ4n) is 2.72. The van der Waals surface area contributed by atoms with Crippen LogP contribution in [0.25, 0.3) is 0 Å². The van der Waals surface area contributed by atoms with E-state index < -0.39 is 48.6 Å². The number of ether oxygens (including phenoxy) is 4. The van der Waals surface area contributed by atoms with Gasteiger partial charge in [0.2, 0.25) is 5.91 Å². The molecule has 0 radical (unpaired) electrons. The fraction of sp³-hybridized carbons (Fsp3) is 0.833. The number of aliphatic hydroxyl groups is 3. The molecule has 174 valence electrons. The molecule has 1 fully saturated rings. The van der Waals surface area contributed by atoms with E-state index in [1.54, 1.807) is 13.8 Å². The average Bonchev–Trinajstić information content (AvgIpc) is 2.67. The summed E-state index contributed by atoms with van der Waals surface area (Å²) in [4.78, 5) is 36.8. The second-order valence-electron chi connectivity index (χ2n) is 6.66. The zero-order chi connectivity index (χ0) is 22.7. The molecule has 0 aromatic rings. The van der Waals surface area contributed by atoms with Crippen LogP contribution in [0.5, 0.6) is 0 Å². The molecular formula is C18H32N2O10. The Morgan fingerprint density at radius 3 is 2.03 bits per heavy atom. The molecular weight excluding hydrogens is 404 g/mol. The number of nitrogens with one attached hydrogen (secondary N) is 1. The first-order valence-electron chi connectivity index (χ1n) is 9.81. The van der Waals surface area contributed by atoms with E-state index in [0.29, 0.717) is 0 Å². The average molecular weight is 436 g/mol. The van der Waals surface area contributed by atoms with Crippen molar-refractivity contribution < 1.29 is 48.7 Å². The highest BCUT2D eigenvalue weighted by Crippen LogP contribution is 2.21. The van der Waals surface area contributed by atoms with Gasteiger partial charge in [-0.3, -0.25) is 19.3 Å². The number of hydrogen-bond acceptors (Lipinski definition) is 11. The third kappa shape index (κ3) is 8.90. The largest absolute Gasteiger partial charge is 0.465 e. The van der Waals surface area contributed by atoms with Crippen LogP contribution >= 0.6 is 0 Å². The molecule has 0 aromatic heterocycles. The second-order valence-corrected chi connectivity index (χ2v) is 6.66. The molecule has 1 aliphatic heterocycles. The molecule has 1 heterocycles. The van der Waals surface area contributed by atoms with Crippen LogP contribution in [0.2, 0.25) is 0 Å². The first-order valence-corrected chi connectivity index (χ1v) is 9.81. The van der Waals surface area contributed by atoms with E-state index in [4.69, 9.17) is 18.9 Å². The molecule has 0 aromatic carbocycles. The summed E-state index contributed by atoms with van der Waals surface area (Å²) in [5, 5.41) is 31.8. The molecule has 0 unspecified atom stereocenters. The first kappa shape index (κ1) is 26.2. The molecule has 5 atom stereocenters. The minimum absolute atomic E-state index is 0.0429. The number of hydrogen-bond donors (Lipinski definition) is 4. The van der Waals surface area contributed by atoms with E-state index in [-0.39, 0.29) is 46.0 Å². The van der Waals surface area contributed by atoms with Crippen molar-refractivity contribution in [3.05, 3.63) is 0 Å². The highest BCUT2D eigenvalue weighted by molar-refractivity contribution is 5.81. The highest BCUT2D eigenvalue weighted by Gasteiger charge is 2.42. The SMILES string of the molecule is CCOC(=O)CN(CC(=O)NCCO[C@@H]1O[C@@H](C)[C@H](O)[C@@H](O)[C@H]1O)CC(=O)OCC. The van der Waals surface area contributed by atoms with Crippen molar-refractivity contribution in [1.29, 1.82) is 0 Å². The van der Waals surface area contributed by atoms with Gasteiger partial charge in [0.15, 0.2) is 6.29 Å². The number of aliphatic hydroxyl groups excluding tert-OH is 3. The quantitative estimate of drug-likeness (QED) is 0.187. The Morgan fingerprint density at radius 1 is 0.933 bits per heavy atom. The lowest BCUT2D eigenvalue weighted by Gasteiger charge is -2.38. The lowest BCUT2D eigenvalue weighted by molar-refractivity contribution is -0.292. The van der Waals surface area contributed by atoms with Crippen molar-refractivity contribution in [2.45, 2.75) is 51.5 Å². The third-order valence-corrected chi connectivity index (χ3v) is 4.20. The zero-order valence-electron chi connectivity index (χ0n) is 17.5.